The standard InChI is InChI=1S/C30H22Br2N4O5/c1-2-40-25-16-21(26(31)27(32)28(25)41-18-19-9-8-12-22(15-19)36(38)39)17-33-35-29(20-10-4-3-5-11-20)34-24-14-7-6-13-23(24)30(35)37/h3-17H,2,18H2,1H3. The number of aromatic nitrogens is 2. The average Bonchev–Trinajstić information content (AvgIpc) is 2.99. The highest BCUT2D eigenvalue weighted by molar-refractivity contribution is 9.13. The molecular weight excluding hydrogens is 656 g/mol. The van der Waals surface area contributed by atoms with Gasteiger partial charge in [0.2, 0.25) is 0 Å². The van der Waals surface area contributed by atoms with Crippen molar-refractivity contribution in [2.24, 2.45) is 5.10 Å². The zero-order chi connectivity index (χ0) is 28.9. The molecule has 0 aliphatic heterocycles. The Morgan fingerprint density at radius 1 is 0.976 bits per heavy atom. The van der Waals surface area contributed by atoms with E-state index in [0.717, 1.165) is 5.56 Å². The first-order chi connectivity index (χ1) is 19.9. The van der Waals surface area contributed by atoms with Crippen molar-refractivity contribution in [2.75, 3.05) is 6.61 Å². The molecule has 0 N–H and O–H groups in total. The Bertz CT molecular complexity index is 1840. The Labute approximate surface area is 251 Å². The number of fused-ring (bicyclic) bond motifs is 1. The lowest BCUT2D eigenvalue weighted by Gasteiger charge is -2.16. The topological polar surface area (TPSA) is 109 Å². The predicted octanol–water partition coefficient (Wildman–Crippen LogP) is 7.36. The maximum absolute atomic E-state index is 13.5. The van der Waals surface area contributed by atoms with Crippen LogP contribution in [0.2, 0.25) is 0 Å². The minimum absolute atomic E-state index is 0.0174. The highest BCUT2D eigenvalue weighted by Gasteiger charge is 2.18. The van der Waals surface area contributed by atoms with Gasteiger partial charge in [0, 0.05) is 27.7 Å². The highest BCUT2D eigenvalue weighted by atomic mass is 79.9. The van der Waals surface area contributed by atoms with Gasteiger partial charge in [0.15, 0.2) is 17.3 Å². The highest BCUT2D eigenvalue weighted by Crippen LogP contribution is 2.43. The molecule has 0 aliphatic carbocycles. The molecular formula is C30H22Br2N4O5. The average molecular weight is 678 g/mol. The maximum atomic E-state index is 13.5. The minimum Gasteiger partial charge on any atom is -0.490 e. The van der Waals surface area contributed by atoms with Crippen molar-refractivity contribution in [1.29, 1.82) is 0 Å². The SMILES string of the molecule is CCOc1cc(C=Nn2c(-c3ccccc3)nc3ccccc3c2=O)c(Br)c(Br)c1OCc1cccc([N+](=O)[O-])c1. The molecule has 1 heterocycles. The van der Waals surface area contributed by atoms with Crippen LogP contribution in [0.5, 0.6) is 11.5 Å². The second-order valence-corrected chi connectivity index (χ2v) is 10.3. The van der Waals surface area contributed by atoms with E-state index in [1.165, 1.54) is 16.8 Å². The Hall–Kier alpha value is -4.35. The van der Waals surface area contributed by atoms with Gasteiger partial charge in [-0.1, -0.05) is 54.6 Å². The van der Waals surface area contributed by atoms with Gasteiger partial charge < -0.3 is 9.47 Å². The van der Waals surface area contributed by atoms with Crippen LogP contribution in [0.3, 0.4) is 0 Å². The number of benzene rings is 4. The molecule has 0 fully saturated rings. The summed E-state index contributed by atoms with van der Waals surface area (Å²) in [5.74, 6) is 1.25. The number of nitrogens with zero attached hydrogens (tertiary/aromatic N) is 4. The molecule has 1 aromatic heterocycles. The van der Waals surface area contributed by atoms with E-state index in [0.29, 0.717) is 54.9 Å². The van der Waals surface area contributed by atoms with Gasteiger partial charge in [-0.2, -0.15) is 9.78 Å². The number of rotatable bonds is 9. The van der Waals surface area contributed by atoms with Crippen molar-refractivity contribution >= 4 is 54.7 Å². The Morgan fingerprint density at radius 2 is 1.73 bits per heavy atom. The molecule has 206 valence electrons. The third-order valence-electron chi connectivity index (χ3n) is 6.06. The van der Waals surface area contributed by atoms with Crippen molar-refractivity contribution < 1.29 is 14.4 Å². The molecule has 0 radical (unpaired) electrons. The maximum Gasteiger partial charge on any atom is 0.282 e. The molecule has 0 amide bonds. The number of para-hydroxylation sites is 1. The summed E-state index contributed by atoms with van der Waals surface area (Å²) in [6.45, 7) is 2.29. The molecule has 4 aromatic carbocycles. The third-order valence-corrected chi connectivity index (χ3v) is 8.20. The van der Waals surface area contributed by atoms with E-state index in [9.17, 15) is 14.9 Å². The third kappa shape index (κ3) is 6.06. The van der Waals surface area contributed by atoms with E-state index < -0.39 is 4.92 Å². The minimum atomic E-state index is -0.449. The number of hydrogen-bond acceptors (Lipinski definition) is 7. The van der Waals surface area contributed by atoms with Gasteiger partial charge in [0.25, 0.3) is 11.2 Å². The van der Waals surface area contributed by atoms with Gasteiger partial charge >= 0.3 is 0 Å². The summed E-state index contributed by atoms with van der Waals surface area (Å²) in [6, 6.07) is 24.5. The smallest absolute Gasteiger partial charge is 0.282 e. The molecule has 0 aliphatic rings. The second kappa shape index (κ2) is 12.4. The largest absolute Gasteiger partial charge is 0.490 e. The summed E-state index contributed by atoms with van der Waals surface area (Å²) < 4.78 is 14.4. The fourth-order valence-corrected chi connectivity index (χ4v) is 5.07. The van der Waals surface area contributed by atoms with Gasteiger partial charge in [-0.15, -0.1) is 0 Å². The lowest BCUT2D eigenvalue weighted by Crippen LogP contribution is -2.20. The van der Waals surface area contributed by atoms with Crippen LogP contribution in [-0.2, 0) is 6.61 Å². The first-order valence-corrected chi connectivity index (χ1v) is 14.1. The number of ether oxygens (including phenoxy) is 2. The van der Waals surface area contributed by atoms with Crippen LogP contribution >= 0.6 is 31.9 Å². The summed E-state index contributed by atoms with van der Waals surface area (Å²) in [7, 11) is 0. The van der Waals surface area contributed by atoms with Crippen molar-refractivity contribution in [2.45, 2.75) is 13.5 Å². The summed E-state index contributed by atoms with van der Waals surface area (Å²) in [6.07, 6.45) is 1.55. The quantitative estimate of drug-likeness (QED) is 0.0917. The lowest BCUT2D eigenvalue weighted by molar-refractivity contribution is -0.384. The predicted molar refractivity (Wildman–Crippen MR) is 165 cm³/mol. The molecule has 41 heavy (non-hydrogen) atoms. The molecule has 0 saturated heterocycles. The number of non-ortho nitro benzene ring substituents is 1. The van der Waals surface area contributed by atoms with Gasteiger partial charge in [-0.3, -0.25) is 14.9 Å². The van der Waals surface area contributed by atoms with Crippen LogP contribution in [0.15, 0.2) is 104 Å². The molecule has 0 bridgehead atoms. The zero-order valence-electron chi connectivity index (χ0n) is 21.7. The van der Waals surface area contributed by atoms with Gasteiger partial charge in [-0.05, 0) is 62.5 Å². The molecule has 0 unspecified atom stereocenters. The molecule has 11 heteroatoms. The van der Waals surface area contributed by atoms with E-state index >= 15 is 0 Å². The van der Waals surface area contributed by atoms with E-state index in [1.54, 1.807) is 42.6 Å². The van der Waals surface area contributed by atoms with Gasteiger partial charge in [0.05, 0.1) is 33.1 Å². The summed E-state index contributed by atoms with van der Waals surface area (Å²) in [5.41, 5.74) is 2.25. The first kappa shape index (κ1) is 28.2. The lowest BCUT2D eigenvalue weighted by atomic mass is 10.2. The van der Waals surface area contributed by atoms with Crippen LogP contribution in [0.4, 0.5) is 5.69 Å². The van der Waals surface area contributed by atoms with Crippen molar-refractivity contribution in [1.82, 2.24) is 9.66 Å². The van der Waals surface area contributed by atoms with Crippen molar-refractivity contribution in [3.63, 3.8) is 0 Å². The Balaban J connectivity index is 1.55. The van der Waals surface area contributed by atoms with E-state index in [-0.39, 0.29) is 17.9 Å². The molecule has 5 aromatic rings. The van der Waals surface area contributed by atoms with Gasteiger partial charge in [-0.25, -0.2) is 4.98 Å². The van der Waals surface area contributed by atoms with E-state index in [1.807, 2.05) is 43.3 Å². The van der Waals surface area contributed by atoms with E-state index in [2.05, 4.69) is 37.0 Å². The molecule has 0 spiro atoms. The Morgan fingerprint density at radius 3 is 2.49 bits per heavy atom. The van der Waals surface area contributed by atoms with Crippen LogP contribution in [0.1, 0.15) is 18.1 Å². The monoisotopic (exact) mass is 676 g/mol. The van der Waals surface area contributed by atoms with Crippen LogP contribution in [0.25, 0.3) is 22.3 Å². The second-order valence-electron chi connectivity index (χ2n) is 8.75. The molecule has 0 atom stereocenters. The van der Waals surface area contributed by atoms with Crippen LogP contribution in [-0.4, -0.2) is 27.4 Å². The fourth-order valence-electron chi connectivity index (χ4n) is 4.14. The number of hydrogen-bond donors (Lipinski definition) is 0. The van der Waals surface area contributed by atoms with Crippen molar-refractivity contribution in [3.8, 4) is 22.9 Å². The first-order valence-electron chi connectivity index (χ1n) is 12.5. The zero-order valence-corrected chi connectivity index (χ0v) is 24.8. The number of nitro groups is 1. The van der Waals surface area contributed by atoms with E-state index in [4.69, 9.17) is 14.5 Å². The van der Waals surface area contributed by atoms with Gasteiger partial charge in [0.1, 0.15) is 6.61 Å². The van der Waals surface area contributed by atoms with Crippen LogP contribution in [0, 0.1) is 10.1 Å². The molecule has 9 nitrogen and oxygen atoms in total. The summed E-state index contributed by atoms with van der Waals surface area (Å²) in [5, 5.41) is 16.2. The normalized spacial score (nSPS) is 11.2. The fraction of sp³-hybridized carbons (Fsp3) is 0.100. The number of halogens is 2. The number of nitro benzene ring substituents is 1. The summed E-state index contributed by atoms with van der Waals surface area (Å²) in [4.78, 5) is 28.9. The summed E-state index contributed by atoms with van der Waals surface area (Å²) >= 11 is 7.19. The molecule has 0 saturated carbocycles. The van der Waals surface area contributed by atoms with Crippen molar-refractivity contribution in [3.05, 3.63) is 125 Å². The van der Waals surface area contributed by atoms with Crippen LogP contribution < -0.4 is 15.0 Å². The molecule has 5 rings (SSSR count). The Kier molecular flexibility index (Phi) is 8.55.